The molecule has 0 aromatic carbocycles. The molecular weight excluding hydrogens is 294 g/mol. The Kier molecular flexibility index (Phi) is 7.58. The van der Waals surface area contributed by atoms with Gasteiger partial charge in [0.25, 0.3) is 5.92 Å². The third-order valence-electron chi connectivity index (χ3n) is 3.55. The van der Waals surface area contributed by atoms with Crippen molar-refractivity contribution in [2.24, 2.45) is 0 Å². The molecule has 7 heteroatoms. The zero-order valence-corrected chi connectivity index (χ0v) is 13.4. The van der Waals surface area contributed by atoms with Crippen LogP contribution in [0, 0.1) is 0 Å². The molecule has 1 aliphatic rings. The van der Waals surface area contributed by atoms with Gasteiger partial charge in [-0.05, 0) is 6.42 Å². The third kappa shape index (κ3) is 6.17. The smallest absolute Gasteiger partial charge is 0.328 e. The maximum Gasteiger partial charge on any atom is 0.328 e. The molecule has 1 atom stereocenters. The number of ether oxygens (including phenoxy) is 2. The molecule has 0 radical (unpaired) electrons. The van der Waals surface area contributed by atoms with Gasteiger partial charge >= 0.3 is 5.97 Å². The molecule has 0 amide bonds. The molecule has 1 rings (SSSR count). The molecule has 1 aliphatic heterocycles. The van der Waals surface area contributed by atoms with E-state index in [0.29, 0.717) is 38.5 Å². The molecular formula is C15H26F2N2O3. The summed E-state index contributed by atoms with van der Waals surface area (Å²) in [5.74, 6) is -3.17. The van der Waals surface area contributed by atoms with Crippen molar-refractivity contribution in [3.63, 3.8) is 0 Å². The lowest BCUT2D eigenvalue weighted by atomic mass is 10.0. The number of carbonyl (C=O) groups is 1. The lowest BCUT2D eigenvalue weighted by molar-refractivity contribution is -0.146. The van der Waals surface area contributed by atoms with E-state index in [1.807, 2.05) is 4.90 Å². The van der Waals surface area contributed by atoms with Crippen LogP contribution in [0.5, 0.6) is 0 Å². The molecule has 22 heavy (non-hydrogen) atoms. The minimum Gasteiger partial charge on any atom is -0.467 e. The predicted octanol–water partition coefficient (Wildman–Crippen LogP) is 2.14. The SMILES string of the molecule is C=C(N[C@@H](CC(F)(F)CCC)C(=O)OC)N1CCCOCC1. The fourth-order valence-corrected chi connectivity index (χ4v) is 2.41. The molecule has 0 saturated carbocycles. The van der Waals surface area contributed by atoms with Crippen LogP contribution in [-0.2, 0) is 14.3 Å². The van der Waals surface area contributed by atoms with Crippen molar-refractivity contribution in [2.45, 2.75) is 44.6 Å². The molecule has 1 fully saturated rings. The summed E-state index contributed by atoms with van der Waals surface area (Å²) >= 11 is 0. The van der Waals surface area contributed by atoms with Crippen molar-refractivity contribution in [1.29, 1.82) is 0 Å². The van der Waals surface area contributed by atoms with E-state index in [2.05, 4.69) is 16.6 Å². The Bertz CT molecular complexity index is 370. The van der Waals surface area contributed by atoms with Gasteiger partial charge < -0.3 is 19.7 Å². The highest BCUT2D eigenvalue weighted by Crippen LogP contribution is 2.26. The molecule has 1 saturated heterocycles. The maximum atomic E-state index is 13.8. The molecule has 0 spiro atoms. The molecule has 0 bridgehead atoms. The lowest BCUT2D eigenvalue weighted by Gasteiger charge is -2.29. The van der Waals surface area contributed by atoms with Gasteiger partial charge in [0.2, 0.25) is 0 Å². The van der Waals surface area contributed by atoms with Crippen molar-refractivity contribution in [2.75, 3.05) is 33.4 Å². The van der Waals surface area contributed by atoms with Crippen LogP contribution in [0.2, 0.25) is 0 Å². The molecule has 0 unspecified atom stereocenters. The van der Waals surface area contributed by atoms with E-state index in [-0.39, 0.29) is 6.42 Å². The molecule has 0 aromatic heterocycles. The predicted molar refractivity (Wildman–Crippen MR) is 79.6 cm³/mol. The average molecular weight is 320 g/mol. The second kappa shape index (κ2) is 8.92. The van der Waals surface area contributed by atoms with E-state index in [1.54, 1.807) is 6.92 Å². The Hall–Kier alpha value is -1.37. The summed E-state index contributed by atoms with van der Waals surface area (Å²) in [7, 11) is 1.19. The largest absolute Gasteiger partial charge is 0.467 e. The first-order valence-electron chi connectivity index (χ1n) is 7.63. The zero-order valence-electron chi connectivity index (χ0n) is 13.4. The van der Waals surface area contributed by atoms with Crippen LogP contribution in [0.1, 0.15) is 32.6 Å². The van der Waals surface area contributed by atoms with Gasteiger partial charge in [0, 0.05) is 32.5 Å². The van der Waals surface area contributed by atoms with Crippen LogP contribution in [-0.4, -0.2) is 56.2 Å². The molecule has 128 valence electrons. The fourth-order valence-electron chi connectivity index (χ4n) is 2.41. The van der Waals surface area contributed by atoms with E-state index in [9.17, 15) is 13.6 Å². The first-order chi connectivity index (χ1) is 10.4. The van der Waals surface area contributed by atoms with Gasteiger partial charge in [-0.15, -0.1) is 0 Å². The van der Waals surface area contributed by atoms with E-state index in [4.69, 9.17) is 4.74 Å². The average Bonchev–Trinajstić information content (AvgIpc) is 2.74. The number of methoxy groups -OCH3 is 1. The lowest BCUT2D eigenvalue weighted by Crippen LogP contribution is -2.45. The van der Waals surface area contributed by atoms with Crippen molar-refractivity contribution in [3.05, 3.63) is 12.4 Å². The third-order valence-corrected chi connectivity index (χ3v) is 3.55. The molecule has 0 aromatic rings. The Labute approximate surface area is 130 Å². The van der Waals surface area contributed by atoms with Gasteiger partial charge in [0.05, 0.1) is 19.5 Å². The number of hydrogen-bond donors (Lipinski definition) is 1. The number of hydrogen-bond acceptors (Lipinski definition) is 5. The molecule has 5 nitrogen and oxygen atoms in total. The van der Waals surface area contributed by atoms with Crippen LogP contribution < -0.4 is 5.32 Å². The van der Waals surface area contributed by atoms with E-state index in [0.717, 1.165) is 6.42 Å². The fraction of sp³-hybridized carbons (Fsp3) is 0.800. The number of rotatable bonds is 8. The van der Waals surface area contributed by atoms with E-state index in [1.165, 1.54) is 7.11 Å². The summed E-state index contributed by atoms with van der Waals surface area (Å²) in [5.41, 5.74) is 0. The first-order valence-corrected chi connectivity index (χ1v) is 7.63. The van der Waals surface area contributed by atoms with Gasteiger partial charge in [0.1, 0.15) is 6.04 Å². The van der Waals surface area contributed by atoms with Gasteiger partial charge in [-0.2, -0.15) is 0 Å². The highest BCUT2D eigenvalue weighted by atomic mass is 19.3. The number of alkyl halides is 2. The normalized spacial score (nSPS) is 17.5. The highest BCUT2D eigenvalue weighted by Gasteiger charge is 2.36. The minimum absolute atomic E-state index is 0.258. The van der Waals surface area contributed by atoms with Crippen LogP contribution in [0.4, 0.5) is 8.78 Å². The van der Waals surface area contributed by atoms with Gasteiger partial charge in [0.15, 0.2) is 0 Å². The van der Waals surface area contributed by atoms with Crippen LogP contribution in [0.15, 0.2) is 12.4 Å². The molecule has 0 aliphatic carbocycles. The van der Waals surface area contributed by atoms with E-state index >= 15 is 0 Å². The second-order valence-electron chi connectivity index (χ2n) is 5.43. The van der Waals surface area contributed by atoms with Crippen LogP contribution in [0.25, 0.3) is 0 Å². The Morgan fingerprint density at radius 3 is 2.82 bits per heavy atom. The Morgan fingerprint density at radius 2 is 2.18 bits per heavy atom. The van der Waals surface area contributed by atoms with Gasteiger partial charge in [-0.25, -0.2) is 13.6 Å². The van der Waals surface area contributed by atoms with Crippen molar-refractivity contribution in [1.82, 2.24) is 10.2 Å². The summed E-state index contributed by atoms with van der Waals surface area (Å²) in [5, 5.41) is 2.80. The van der Waals surface area contributed by atoms with Crippen molar-refractivity contribution >= 4 is 5.97 Å². The van der Waals surface area contributed by atoms with Gasteiger partial charge in [-0.3, -0.25) is 0 Å². The number of esters is 1. The summed E-state index contributed by atoms with van der Waals surface area (Å²) in [6.07, 6.45) is 0.323. The van der Waals surface area contributed by atoms with Crippen molar-refractivity contribution < 1.29 is 23.0 Å². The maximum absolute atomic E-state index is 13.8. The monoisotopic (exact) mass is 320 g/mol. The van der Waals surface area contributed by atoms with E-state index < -0.39 is 24.4 Å². The molecule has 1 N–H and O–H groups in total. The Morgan fingerprint density at radius 1 is 1.45 bits per heavy atom. The number of halogens is 2. The number of nitrogens with one attached hydrogen (secondary N) is 1. The summed E-state index contributed by atoms with van der Waals surface area (Å²) in [4.78, 5) is 13.7. The topological polar surface area (TPSA) is 50.8 Å². The van der Waals surface area contributed by atoms with Crippen molar-refractivity contribution in [3.8, 4) is 0 Å². The quantitative estimate of drug-likeness (QED) is 0.695. The van der Waals surface area contributed by atoms with Crippen LogP contribution in [0.3, 0.4) is 0 Å². The zero-order chi connectivity index (χ0) is 16.6. The summed E-state index contributed by atoms with van der Waals surface area (Å²) in [6.45, 7) is 8.09. The summed E-state index contributed by atoms with van der Waals surface area (Å²) < 4.78 is 37.6. The standard InChI is InChI=1S/C15H26F2N2O3/c1-4-6-15(16,17)11-13(14(20)21-3)18-12(2)19-7-5-9-22-10-8-19/h13,18H,2,4-11H2,1,3H3/t13-/m0/s1. The highest BCUT2D eigenvalue weighted by molar-refractivity contribution is 5.76. The van der Waals surface area contributed by atoms with Crippen LogP contribution >= 0.6 is 0 Å². The number of nitrogens with zero attached hydrogens (tertiary/aromatic N) is 1. The molecule has 1 heterocycles. The first kappa shape index (κ1) is 18.7. The van der Waals surface area contributed by atoms with Gasteiger partial charge in [-0.1, -0.05) is 19.9 Å². The summed E-state index contributed by atoms with van der Waals surface area (Å²) in [6, 6.07) is -1.11. The minimum atomic E-state index is -2.91. The number of carbonyl (C=O) groups excluding carboxylic acids is 1. The Balaban J connectivity index is 2.67. The second-order valence-corrected chi connectivity index (χ2v) is 5.43.